The van der Waals surface area contributed by atoms with Crippen molar-refractivity contribution in [2.75, 3.05) is 16.9 Å². The van der Waals surface area contributed by atoms with Crippen LogP contribution in [0.4, 0.5) is 11.8 Å². The van der Waals surface area contributed by atoms with E-state index in [1.54, 1.807) is 6.20 Å². The minimum Gasteiger partial charge on any atom is -0.369 e. The van der Waals surface area contributed by atoms with Crippen molar-refractivity contribution in [3.05, 3.63) is 11.8 Å². The molecule has 0 radical (unpaired) electrons. The molecule has 1 aliphatic heterocycles. The highest BCUT2D eigenvalue weighted by atomic mass is 16.1. The second-order valence-electron chi connectivity index (χ2n) is 5.02. The fourth-order valence-corrected chi connectivity index (χ4v) is 2.43. The van der Waals surface area contributed by atoms with Gasteiger partial charge in [-0.05, 0) is 26.7 Å². The lowest BCUT2D eigenvalue weighted by Crippen LogP contribution is -2.46. The summed E-state index contributed by atoms with van der Waals surface area (Å²) < 4.78 is 0. The summed E-state index contributed by atoms with van der Waals surface area (Å²) in [6, 6.07) is 0.315. The molecule has 2 atom stereocenters. The summed E-state index contributed by atoms with van der Waals surface area (Å²) in [5.74, 6) is 6.14. The molecule has 0 aliphatic carbocycles. The van der Waals surface area contributed by atoms with E-state index in [1.807, 2.05) is 6.92 Å². The van der Waals surface area contributed by atoms with Crippen LogP contribution < -0.4 is 21.9 Å². The predicted molar refractivity (Wildman–Crippen MR) is 73.3 cm³/mol. The molecule has 0 bridgehead atoms. The van der Waals surface area contributed by atoms with Crippen LogP contribution in [0, 0.1) is 12.8 Å². The van der Waals surface area contributed by atoms with Crippen molar-refractivity contribution in [3.63, 3.8) is 0 Å². The number of hydrogen-bond donors (Lipinski definition) is 3. The van der Waals surface area contributed by atoms with Crippen molar-refractivity contribution in [2.24, 2.45) is 17.5 Å². The van der Waals surface area contributed by atoms with E-state index in [-0.39, 0.29) is 11.8 Å². The number of nitrogens with zero attached hydrogens (tertiary/aromatic N) is 3. The number of amides is 1. The molecule has 104 valence electrons. The Bertz CT molecular complexity index is 477. The van der Waals surface area contributed by atoms with E-state index in [2.05, 4.69) is 27.2 Å². The number of carbonyl (C=O) groups is 1. The third-order valence-electron chi connectivity index (χ3n) is 3.63. The minimum atomic E-state index is -0.249. The summed E-state index contributed by atoms with van der Waals surface area (Å²) in [5.41, 5.74) is 8.81. The molecule has 2 rings (SSSR count). The van der Waals surface area contributed by atoms with Crippen LogP contribution in [0.15, 0.2) is 6.20 Å². The fraction of sp³-hybridized carbons (Fsp3) is 0.583. The molecular formula is C12H20N6O. The van der Waals surface area contributed by atoms with Gasteiger partial charge in [-0.25, -0.2) is 10.8 Å². The van der Waals surface area contributed by atoms with Crippen LogP contribution in [0.2, 0.25) is 0 Å². The number of hydrazine groups is 1. The maximum Gasteiger partial charge on any atom is 0.239 e. The van der Waals surface area contributed by atoms with E-state index in [1.165, 1.54) is 0 Å². The Hall–Kier alpha value is -1.89. The largest absolute Gasteiger partial charge is 0.369 e. The van der Waals surface area contributed by atoms with Crippen LogP contribution >= 0.6 is 0 Å². The number of nitrogens with one attached hydrogen (secondary N) is 1. The summed E-state index contributed by atoms with van der Waals surface area (Å²) in [6.45, 7) is 4.66. The summed E-state index contributed by atoms with van der Waals surface area (Å²) in [5, 5.41) is 0. The van der Waals surface area contributed by atoms with Crippen LogP contribution in [0.1, 0.15) is 25.3 Å². The average Bonchev–Trinajstić information content (AvgIpc) is 2.40. The number of hydrogen-bond acceptors (Lipinski definition) is 6. The lowest BCUT2D eigenvalue weighted by atomic mass is 9.92. The van der Waals surface area contributed by atoms with E-state index in [0.29, 0.717) is 18.5 Å². The van der Waals surface area contributed by atoms with Gasteiger partial charge in [0.15, 0.2) is 0 Å². The number of nitrogen functional groups attached to an aromatic ring is 1. The molecule has 5 N–H and O–H groups in total. The van der Waals surface area contributed by atoms with Gasteiger partial charge in [0.25, 0.3) is 0 Å². The van der Waals surface area contributed by atoms with Crippen LogP contribution in [-0.4, -0.2) is 28.5 Å². The molecule has 7 heteroatoms. The number of piperidine rings is 1. The minimum absolute atomic E-state index is 0.125. The molecular weight excluding hydrogens is 244 g/mol. The van der Waals surface area contributed by atoms with Crippen molar-refractivity contribution in [1.82, 2.24) is 9.97 Å². The Morgan fingerprint density at radius 2 is 2.26 bits per heavy atom. The maximum atomic E-state index is 11.4. The van der Waals surface area contributed by atoms with Gasteiger partial charge >= 0.3 is 0 Å². The molecule has 1 saturated heterocycles. The summed E-state index contributed by atoms with van der Waals surface area (Å²) in [6.07, 6.45) is 3.47. The maximum absolute atomic E-state index is 11.4. The first-order valence-electron chi connectivity index (χ1n) is 6.39. The normalized spacial score (nSPS) is 23.2. The van der Waals surface area contributed by atoms with Gasteiger partial charge in [-0.2, -0.15) is 4.98 Å². The molecule has 19 heavy (non-hydrogen) atoms. The molecule has 0 aromatic carbocycles. The zero-order valence-electron chi connectivity index (χ0n) is 11.3. The van der Waals surface area contributed by atoms with Gasteiger partial charge in [-0.15, -0.1) is 0 Å². The number of aromatic nitrogens is 2. The Balaban J connectivity index is 2.30. The van der Waals surface area contributed by atoms with Crippen molar-refractivity contribution < 1.29 is 4.79 Å². The Kier molecular flexibility index (Phi) is 3.84. The molecule has 1 amide bonds. The Morgan fingerprint density at radius 1 is 1.53 bits per heavy atom. The topological polar surface area (TPSA) is 110 Å². The third kappa shape index (κ3) is 2.76. The van der Waals surface area contributed by atoms with Crippen LogP contribution in [0.5, 0.6) is 0 Å². The first-order valence-corrected chi connectivity index (χ1v) is 6.39. The van der Waals surface area contributed by atoms with Gasteiger partial charge < -0.3 is 10.6 Å². The average molecular weight is 264 g/mol. The number of carbonyl (C=O) groups excluding carboxylic acids is 1. The molecule has 0 spiro atoms. The molecule has 0 saturated carbocycles. The molecule has 1 aromatic heterocycles. The van der Waals surface area contributed by atoms with Crippen LogP contribution in [0.3, 0.4) is 0 Å². The zero-order valence-corrected chi connectivity index (χ0v) is 11.3. The quantitative estimate of drug-likeness (QED) is 0.530. The summed E-state index contributed by atoms with van der Waals surface area (Å²) >= 11 is 0. The number of aryl methyl sites for hydroxylation is 1. The molecule has 2 unspecified atom stereocenters. The molecule has 2 heterocycles. The highest BCUT2D eigenvalue weighted by molar-refractivity contribution is 5.77. The lowest BCUT2D eigenvalue weighted by molar-refractivity contribution is -0.122. The van der Waals surface area contributed by atoms with Gasteiger partial charge in [0, 0.05) is 24.3 Å². The predicted octanol–water partition coefficient (Wildman–Crippen LogP) is 0.161. The molecule has 1 fully saturated rings. The standard InChI is InChI=1S/C12H20N6O/c1-7-5-15-12(17-14)16-11(7)18-6-9(10(13)19)4-3-8(18)2/h5,8-9H,3-4,6,14H2,1-2H3,(H2,13,19)(H,15,16,17). The third-order valence-corrected chi connectivity index (χ3v) is 3.63. The highest BCUT2D eigenvalue weighted by Crippen LogP contribution is 2.28. The first-order chi connectivity index (χ1) is 9.02. The molecule has 1 aromatic rings. The van der Waals surface area contributed by atoms with Crippen molar-refractivity contribution >= 4 is 17.7 Å². The second kappa shape index (κ2) is 5.40. The van der Waals surface area contributed by atoms with E-state index < -0.39 is 0 Å². The smallest absolute Gasteiger partial charge is 0.239 e. The van der Waals surface area contributed by atoms with E-state index >= 15 is 0 Å². The fourth-order valence-electron chi connectivity index (χ4n) is 2.43. The number of nitrogens with two attached hydrogens (primary N) is 2. The first kappa shape index (κ1) is 13.5. The summed E-state index contributed by atoms with van der Waals surface area (Å²) in [4.78, 5) is 21.9. The number of rotatable bonds is 3. The zero-order chi connectivity index (χ0) is 14.0. The van der Waals surface area contributed by atoms with Gasteiger partial charge in [-0.3, -0.25) is 10.2 Å². The molecule has 7 nitrogen and oxygen atoms in total. The Labute approximate surface area is 112 Å². The van der Waals surface area contributed by atoms with Gasteiger partial charge in [0.1, 0.15) is 5.82 Å². The van der Waals surface area contributed by atoms with Gasteiger partial charge in [0.05, 0.1) is 5.92 Å². The van der Waals surface area contributed by atoms with Crippen molar-refractivity contribution in [2.45, 2.75) is 32.7 Å². The van der Waals surface area contributed by atoms with Crippen LogP contribution in [0.25, 0.3) is 0 Å². The van der Waals surface area contributed by atoms with Gasteiger partial charge in [-0.1, -0.05) is 0 Å². The number of anilines is 2. The Morgan fingerprint density at radius 3 is 2.89 bits per heavy atom. The van der Waals surface area contributed by atoms with E-state index in [4.69, 9.17) is 11.6 Å². The van der Waals surface area contributed by atoms with Gasteiger partial charge in [0.2, 0.25) is 11.9 Å². The van der Waals surface area contributed by atoms with Crippen LogP contribution in [-0.2, 0) is 4.79 Å². The van der Waals surface area contributed by atoms with Crippen molar-refractivity contribution in [3.8, 4) is 0 Å². The number of primary amides is 1. The van der Waals surface area contributed by atoms with Crippen molar-refractivity contribution in [1.29, 1.82) is 0 Å². The van der Waals surface area contributed by atoms with E-state index in [9.17, 15) is 4.79 Å². The lowest BCUT2D eigenvalue weighted by Gasteiger charge is -2.38. The molecule has 1 aliphatic rings. The summed E-state index contributed by atoms with van der Waals surface area (Å²) in [7, 11) is 0. The van der Waals surface area contributed by atoms with E-state index in [0.717, 1.165) is 24.2 Å². The highest BCUT2D eigenvalue weighted by Gasteiger charge is 2.30. The SMILES string of the molecule is Cc1cnc(NN)nc1N1CC(C(N)=O)CCC1C. The monoisotopic (exact) mass is 264 g/mol. The second-order valence-corrected chi connectivity index (χ2v) is 5.02.